The first-order valence-corrected chi connectivity index (χ1v) is 5.58. The fraction of sp³-hybridized carbons (Fsp3) is 0.400. The van der Waals surface area contributed by atoms with Crippen LogP contribution in [0.5, 0.6) is 0 Å². The maximum absolute atomic E-state index is 11.4. The molecule has 1 N–H and O–H groups in total. The number of anilines is 1. The van der Waals surface area contributed by atoms with Gasteiger partial charge in [0.05, 0.1) is 12.9 Å². The Kier molecular flexibility index (Phi) is 5.21. The molecule has 0 atom stereocenters. The molecule has 1 aromatic heterocycles. The Bertz CT molecular complexity index is 405. The summed E-state index contributed by atoms with van der Waals surface area (Å²) in [7, 11) is 1.63. The van der Waals surface area contributed by atoms with Crippen LogP contribution >= 0.6 is 15.9 Å². The van der Waals surface area contributed by atoms with Gasteiger partial charge in [-0.3, -0.25) is 4.79 Å². The number of nitrogens with zero attached hydrogens (tertiary/aromatic N) is 2. The molecule has 1 rings (SSSR count). The molecule has 0 saturated heterocycles. The Morgan fingerprint density at radius 3 is 3.12 bits per heavy atom. The number of rotatable bonds is 6. The van der Waals surface area contributed by atoms with E-state index >= 15 is 0 Å². The topological polar surface area (TPSA) is 58.2 Å². The summed E-state index contributed by atoms with van der Waals surface area (Å²) in [5.74, 6) is 0.598. The second kappa shape index (κ2) is 6.44. The van der Waals surface area contributed by atoms with Gasteiger partial charge in [0, 0.05) is 20.2 Å². The van der Waals surface area contributed by atoms with Crippen molar-refractivity contribution < 1.29 is 4.74 Å². The van der Waals surface area contributed by atoms with Gasteiger partial charge in [0.2, 0.25) is 0 Å². The van der Waals surface area contributed by atoms with Crippen LogP contribution in [-0.2, 0) is 4.74 Å². The first-order chi connectivity index (χ1) is 7.70. The second-order valence-corrected chi connectivity index (χ2v) is 3.89. The first-order valence-electron chi connectivity index (χ1n) is 4.78. The maximum Gasteiger partial charge on any atom is 0.267 e. The van der Waals surface area contributed by atoms with Crippen LogP contribution in [0.3, 0.4) is 0 Å². The van der Waals surface area contributed by atoms with Crippen LogP contribution in [0, 0.1) is 0 Å². The quantitative estimate of drug-likeness (QED) is 0.798. The molecule has 0 unspecified atom stereocenters. The van der Waals surface area contributed by atoms with Gasteiger partial charge < -0.3 is 14.6 Å². The van der Waals surface area contributed by atoms with Crippen LogP contribution < -0.4 is 10.5 Å². The van der Waals surface area contributed by atoms with Crippen molar-refractivity contribution in [1.29, 1.82) is 0 Å². The monoisotopic (exact) mass is 287 g/mol. The summed E-state index contributed by atoms with van der Waals surface area (Å²) in [6.07, 6.45) is 3.14. The summed E-state index contributed by atoms with van der Waals surface area (Å²) in [5, 5.41) is 0. The fourth-order valence-corrected chi connectivity index (χ4v) is 1.70. The third kappa shape index (κ3) is 3.18. The Morgan fingerprint density at radius 1 is 1.75 bits per heavy atom. The van der Waals surface area contributed by atoms with Gasteiger partial charge in [-0.05, 0) is 15.9 Å². The highest BCUT2D eigenvalue weighted by atomic mass is 79.9. The summed E-state index contributed by atoms with van der Waals surface area (Å²) in [4.78, 5) is 19.9. The molecule has 0 saturated carbocycles. The van der Waals surface area contributed by atoms with Crippen LogP contribution in [0.15, 0.2) is 28.2 Å². The molecule has 0 aliphatic carbocycles. The maximum atomic E-state index is 11.4. The van der Waals surface area contributed by atoms with Crippen molar-refractivity contribution in [3.63, 3.8) is 0 Å². The highest BCUT2D eigenvalue weighted by Crippen LogP contribution is 2.18. The first kappa shape index (κ1) is 12.9. The van der Waals surface area contributed by atoms with Crippen molar-refractivity contribution in [2.45, 2.75) is 0 Å². The lowest BCUT2D eigenvalue weighted by atomic mass is 10.4. The fourth-order valence-electron chi connectivity index (χ4n) is 1.24. The number of methoxy groups -OCH3 is 1. The van der Waals surface area contributed by atoms with Gasteiger partial charge in [-0.2, -0.15) is 0 Å². The van der Waals surface area contributed by atoms with Gasteiger partial charge >= 0.3 is 0 Å². The minimum absolute atomic E-state index is 0.198. The zero-order valence-corrected chi connectivity index (χ0v) is 10.7. The van der Waals surface area contributed by atoms with Gasteiger partial charge in [0.1, 0.15) is 4.47 Å². The van der Waals surface area contributed by atoms with E-state index in [4.69, 9.17) is 4.74 Å². The number of halogens is 1. The average molecular weight is 288 g/mol. The third-order valence-corrected chi connectivity index (χ3v) is 2.71. The number of nitrogens with one attached hydrogen (secondary N) is 1. The zero-order chi connectivity index (χ0) is 12.0. The zero-order valence-electron chi connectivity index (χ0n) is 9.07. The van der Waals surface area contributed by atoms with Crippen molar-refractivity contribution in [3.8, 4) is 0 Å². The number of ether oxygens (including phenoxy) is 1. The standard InChI is InChI=1S/C10H14BrN3O2/c1-3-4-14(5-6-16-2)9-8(11)10(15)13-7-12-9/h3,7H,1,4-6H2,2H3,(H,12,13,15). The van der Waals surface area contributed by atoms with Crippen LogP contribution in [0.4, 0.5) is 5.82 Å². The van der Waals surface area contributed by atoms with E-state index < -0.39 is 0 Å². The average Bonchev–Trinajstić information content (AvgIpc) is 2.28. The van der Waals surface area contributed by atoms with Crippen molar-refractivity contribution in [1.82, 2.24) is 9.97 Å². The minimum Gasteiger partial charge on any atom is -0.383 e. The Balaban J connectivity index is 2.95. The summed E-state index contributed by atoms with van der Waals surface area (Å²) in [6, 6.07) is 0. The third-order valence-electron chi connectivity index (χ3n) is 1.99. The molecular formula is C10H14BrN3O2. The second-order valence-electron chi connectivity index (χ2n) is 3.10. The summed E-state index contributed by atoms with van der Waals surface area (Å²) >= 11 is 3.22. The van der Waals surface area contributed by atoms with Gasteiger partial charge in [-0.25, -0.2) is 4.98 Å². The van der Waals surface area contributed by atoms with E-state index in [2.05, 4.69) is 32.5 Å². The lowest BCUT2D eigenvalue weighted by molar-refractivity contribution is 0.205. The molecule has 0 aromatic carbocycles. The van der Waals surface area contributed by atoms with Crippen molar-refractivity contribution in [2.75, 3.05) is 31.7 Å². The molecule has 5 nitrogen and oxygen atoms in total. The minimum atomic E-state index is -0.198. The molecule has 0 amide bonds. The predicted molar refractivity (Wildman–Crippen MR) is 66.8 cm³/mol. The van der Waals surface area contributed by atoms with Gasteiger partial charge in [0.25, 0.3) is 5.56 Å². The van der Waals surface area contributed by atoms with Crippen molar-refractivity contribution in [3.05, 3.63) is 33.8 Å². The largest absolute Gasteiger partial charge is 0.383 e. The van der Waals surface area contributed by atoms with Gasteiger partial charge in [-0.1, -0.05) is 6.08 Å². The van der Waals surface area contributed by atoms with E-state index in [1.54, 1.807) is 13.2 Å². The smallest absolute Gasteiger partial charge is 0.267 e. The van der Waals surface area contributed by atoms with Gasteiger partial charge in [-0.15, -0.1) is 6.58 Å². The summed E-state index contributed by atoms with van der Waals surface area (Å²) < 4.78 is 5.43. The van der Waals surface area contributed by atoms with Crippen LogP contribution in [-0.4, -0.2) is 36.8 Å². The molecular weight excluding hydrogens is 274 g/mol. The highest BCUT2D eigenvalue weighted by Gasteiger charge is 2.12. The molecule has 16 heavy (non-hydrogen) atoms. The number of aromatic nitrogens is 2. The molecule has 88 valence electrons. The number of aromatic amines is 1. The Labute approximate surface area is 102 Å². The summed E-state index contributed by atoms with van der Waals surface area (Å²) in [6.45, 7) is 5.50. The Hall–Kier alpha value is -1.14. The van der Waals surface area contributed by atoms with Crippen LogP contribution in [0.1, 0.15) is 0 Å². The van der Waals surface area contributed by atoms with E-state index in [0.29, 0.717) is 30.0 Å². The molecule has 0 radical (unpaired) electrons. The van der Waals surface area contributed by atoms with E-state index in [0.717, 1.165) is 0 Å². The normalized spacial score (nSPS) is 10.1. The van der Waals surface area contributed by atoms with E-state index in [1.165, 1.54) is 6.33 Å². The SMILES string of the molecule is C=CCN(CCOC)c1nc[nH]c(=O)c1Br. The van der Waals surface area contributed by atoms with E-state index in [1.807, 2.05) is 4.90 Å². The molecule has 0 aliphatic heterocycles. The van der Waals surface area contributed by atoms with Crippen LogP contribution in [0.25, 0.3) is 0 Å². The van der Waals surface area contributed by atoms with Crippen molar-refractivity contribution in [2.24, 2.45) is 0 Å². The molecule has 1 heterocycles. The molecule has 0 spiro atoms. The van der Waals surface area contributed by atoms with E-state index in [9.17, 15) is 4.79 Å². The highest BCUT2D eigenvalue weighted by molar-refractivity contribution is 9.10. The molecule has 0 bridgehead atoms. The molecule has 6 heteroatoms. The predicted octanol–water partition coefficient (Wildman–Crippen LogP) is 1.17. The number of hydrogen-bond acceptors (Lipinski definition) is 4. The number of hydrogen-bond donors (Lipinski definition) is 1. The lowest BCUT2D eigenvalue weighted by Crippen LogP contribution is -2.30. The van der Waals surface area contributed by atoms with E-state index in [-0.39, 0.29) is 5.56 Å². The summed E-state index contributed by atoms with van der Waals surface area (Å²) in [5.41, 5.74) is -0.198. The van der Waals surface area contributed by atoms with Crippen molar-refractivity contribution >= 4 is 21.7 Å². The molecule has 0 fully saturated rings. The van der Waals surface area contributed by atoms with Gasteiger partial charge in [0.15, 0.2) is 5.82 Å². The number of H-pyrrole nitrogens is 1. The molecule has 1 aromatic rings. The Morgan fingerprint density at radius 2 is 2.50 bits per heavy atom. The van der Waals surface area contributed by atoms with Crippen LogP contribution in [0.2, 0.25) is 0 Å². The lowest BCUT2D eigenvalue weighted by Gasteiger charge is -2.22. The molecule has 0 aliphatic rings.